The summed E-state index contributed by atoms with van der Waals surface area (Å²) in [5.41, 5.74) is 9.47. The first-order valence-corrected chi connectivity index (χ1v) is 7.21. The molecule has 0 aliphatic carbocycles. The molecule has 3 nitrogen and oxygen atoms in total. The fraction of sp³-hybridized carbons (Fsp3) is 0. The first-order valence-electron chi connectivity index (χ1n) is 5.34. The number of nitrogens with zero attached hydrogens (tertiary/aromatic N) is 1. The number of imidazole rings is 1. The number of hydrogen-bond acceptors (Lipinski definition) is 2. The van der Waals surface area contributed by atoms with E-state index in [-0.39, 0.29) is 0 Å². The van der Waals surface area contributed by atoms with Crippen LogP contribution >= 0.6 is 38.5 Å². The third-order valence-corrected chi connectivity index (χ3v) is 4.12. The number of fused-ring (bicyclic) bond motifs is 1. The lowest BCUT2D eigenvalue weighted by Gasteiger charge is -2.01. The van der Waals surface area contributed by atoms with Gasteiger partial charge in [-0.3, -0.25) is 0 Å². The number of nitrogen functional groups attached to an aromatic ring is 1. The summed E-state index contributed by atoms with van der Waals surface area (Å²) in [6.07, 6.45) is 0. The number of aromatic nitrogens is 2. The van der Waals surface area contributed by atoms with Crippen LogP contribution in [0, 0.1) is 3.57 Å². The van der Waals surface area contributed by atoms with Crippen LogP contribution in [0.5, 0.6) is 0 Å². The van der Waals surface area contributed by atoms with E-state index in [1.807, 2.05) is 24.3 Å². The van der Waals surface area contributed by atoms with Gasteiger partial charge in [0.2, 0.25) is 0 Å². The van der Waals surface area contributed by atoms with Crippen molar-refractivity contribution in [3.05, 3.63) is 44.4 Å². The van der Waals surface area contributed by atoms with Gasteiger partial charge < -0.3 is 10.7 Å². The molecule has 1 heterocycles. The van der Waals surface area contributed by atoms with Crippen LogP contribution in [0.3, 0.4) is 0 Å². The van der Waals surface area contributed by atoms with E-state index in [0.717, 1.165) is 36.2 Å². The molecule has 0 atom stereocenters. The van der Waals surface area contributed by atoms with Crippen molar-refractivity contribution in [1.29, 1.82) is 0 Å². The number of nitrogens with one attached hydrogen (secondary N) is 1. The van der Waals surface area contributed by atoms with Gasteiger partial charge in [0.05, 0.1) is 11.0 Å². The zero-order chi connectivity index (χ0) is 12.7. The molecule has 0 bridgehead atoms. The van der Waals surface area contributed by atoms with E-state index in [1.54, 1.807) is 0 Å². The maximum atomic E-state index is 5.77. The molecule has 0 radical (unpaired) electrons. The highest BCUT2D eigenvalue weighted by atomic mass is 127. The molecule has 0 aliphatic heterocycles. The lowest BCUT2D eigenvalue weighted by Crippen LogP contribution is -1.85. The van der Waals surface area contributed by atoms with Gasteiger partial charge in [0.1, 0.15) is 5.82 Å². The van der Waals surface area contributed by atoms with E-state index in [2.05, 4.69) is 60.6 Å². The van der Waals surface area contributed by atoms with Crippen LogP contribution in [0.25, 0.3) is 22.4 Å². The number of anilines is 1. The molecule has 0 saturated heterocycles. The van der Waals surface area contributed by atoms with Crippen molar-refractivity contribution >= 4 is 55.2 Å². The van der Waals surface area contributed by atoms with Crippen LogP contribution in [-0.2, 0) is 0 Å². The monoisotopic (exact) mass is 413 g/mol. The van der Waals surface area contributed by atoms with E-state index >= 15 is 0 Å². The molecule has 0 fully saturated rings. The average molecular weight is 414 g/mol. The highest BCUT2D eigenvalue weighted by Crippen LogP contribution is 2.28. The van der Waals surface area contributed by atoms with Crippen molar-refractivity contribution in [2.45, 2.75) is 0 Å². The third-order valence-electron chi connectivity index (χ3n) is 2.69. The number of H-pyrrole nitrogens is 1. The SMILES string of the molecule is Nc1ccc2nc(-c3cc(Br)ccc3I)[nH]c2c1. The Labute approximate surface area is 126 Å². The third kappa shape index (κ3) is 2.12. The van der Waals surface area contributed by atoms with E-state index in [1.165, 1.54) is 0 Å². The molecule has 0 aliphatic rings. The molecule has 90 valence electrons. The predicted octanol–water partition coefficient (Wildman–Crippen LogP) is 4.18. The second kappa shape index (κ2) is 4.55. The van der Waals surface area contributed by atoms with Gasteiger partial charge in [-0.15, -0.1) is 0 Å². The van der Waals surface area contributed by atoms with Crippen LogP contribution in [0.15, 0.2) is 40.9 Å². The summed E-state index contributed by atoms with van der Waals surface area (Å²) in [5.74, 6) is 0.862. The van der Waals surface area contributed by atoms with Crippen molar-refractivity contribution in [1.82, 2.24) is 9.97 Å². The van der Waals surface area contributed by atoms with Crippen LogP contribution < -0.4 is 5.73 Å². The normalized spacial score (nSPS) is 11.0. The van der Waals surface area contributed by atoms with Gasteiger partial charge in [-0.25, -0.2) is 4.98 Å². The molecular weight excluding hydrogens is 405 g/mol. The summed E-state index contributed by atoms with van der Waals surface area (Å²) in [6.45, 7) is 0. The summed E-state index contributed by atoms with van der Waals surface area (Å²) < 4.78 is 2.20. The van der Waals surface area contributed by atoms with Crippen molar-refractivity contribution in [2.75, 3.05) is 5.73 Å². The minimum absolute atomic E-state index is 0.738. The number of benzene rings is 2. The Morgan fingerprint density at radius 2 is 2.00 bits per heavy atom. The Morgan fingerprint density at radius 1 is 1.17 bits per heavy atom. The summed E-state index contributed by atoms with van der Waals surface area (Å²) in [7, 11) is 0. The molecule has 0 amide bonds. The fourth-order valence-corrected chi connectivity index (χ4v) is 2.79. The summed E-state index contributed by atoms with van der Waals surface area (Å²) in [5, 5.41) is 0. The average Bonchev–Trinajstić information content (AvgIpc) is 2.74. The molecule has 3 aromatic rings. The van der Waals surface area contributed by atoms with Crippen LogP contribution in [0.2, 0.25) is 0 Å². The van der Waals surface area contributed by atoms with Gasteiger partial charge in [-0.2, -0.15) is 0 Å². The fourth-order valence-electron chi connectivity index (χ4n) is 1.83. The largest absolute Gasteiger partial charge is 0.399 e. The van der Waals surface area contributed by atoms with Crippen molar-refractivity contribution in [2.24, 2.45) is 0 Å². The van der Waals surface area contributed by atoms with E-state index in [4.69, 9.17) is 5.73 Å². The predicted molar refractivity (Wildman–Crippen MR) is 86.4 cm³/mol. The van der Waals surface area contributed by atoms with Gasteiger partial charge in [0, 0.05) is 19.3 Å². The number of halogens is 2. The van der Waals surface area contributed by atoms with Crippen molar-refractivity contribution in [3.8, 4) is 11.4 Å². The van der Waals surface area contributed by atoms with Crippen LogP contribution in [0.4, 0.5) is 5.69 Å². The Hall–Kier alpha value is -1.08. The summed E-state index contributed by atoms with van der Waals surface area (Å²) in [6, 6.07) is 11.8. The molecule has 1 aromatic heterocycles. The maximum absolute atomic E-state index is 5.77. The van der Waals surface area contributed by atoms with Gasteiger partial charge in [-0.05, 0) is 59.0 Å². The minimum atomic E-state index is 0.738. The van der Waals surface area contributed by atoms with Gasteiger partial charge in [-0.1, -0.05) is 15.9 Å². The van der Waals surface area contributed by atoms with Gasteiger partial charge >= 0.3 is 0 Å². The zero-order valence-electron chi connectivity index (χ0n) is 9.24. The lowest BCUT2D eigenvalue weighted by atomic mass is 10.2. The molecule has 0 saturated carbocycles. The first-order chi connectivity index (χ1) is 8.63. The van der Waals surface area contributed by atoms with Crippen molar-refractivity contribution in [3.63, 3.8) is 0 Å². The highest BCUT2D eigenvalue weighted by Gasteiger charge is 2.09. The minimum Gasteiger partial charge on any atom is -0.399 e. The number of aromatic amines is 1. The number of rotatable bonds is 1. The summed E-state index contributed by atoms with van der Waals surface area (Å²) >= 11 is 5.79. The smallest absolute Gasteiger partial charge is 0.139 e. The van der Waals surface area contributed by atoms with E-state index in [0.29, 0.717) is 0 Å². The number of nitrogens with two attached hydrogens (primary N) is 1. The molecule has 3 rings (SSSR count). The Kier molecular flexibility index (Phi) is 3.03. The molecule has 18 heavy (non-hydrogen) atoms. The number of hydrogen-bond donors (Lipinski definition) is 2. The van der Waals surface area contributed by atoms with E-state index < -0.39 is 0 Å². The van der Waals surface area contributed by atoms with E-state index in [9.17, 15) is 0 Å². The Morgan fingerprint density at radius 3 is 2.83 bits per heavy atom. The lowest BCUT2D eigenvalue weighted by molar-refractivity contribution is 1.32. The van der Waals surface area contributed by atoms with Crippen LogP contribution in [-0.4, -0.2) is 9.97 Å². The Balaban J connectivity index is 2.22. The topological polar surface area (TPSA) is 54.7 Å². The maximum Gasteiger partial charge on any atom is 0.139 e. The second-order valence-electron chi connectivity index (χ2n) is 3.99. The molecule has 3 N–H and O–H groups in total. The van der Waals surface area contributed by atoms with Gasteiger partial charge in [0.25, 0.3) is 0 Å². The van der Waals surface area contributed by atoms with Crippen LogP contribution in [0.1, 0.15) is 0 Å². The second-order valence-corrected chi connectivity index (χ2v) is 6.06. The highest BCUT2D eigenvalue weighted by molar-refractivity contribution is 14.1. The van der Waals surface area contributed by atoms with Crippen molar-refractivity contribution < 1.29 is 0 Å². The van der Waals surface area contributed by atoms with Gasteiger partial charge in [0.15, 0.2) is 0 Å². The molecule has 5 heteroatoms. The summed E-state index contributed by atoms with van der Waals surface area (Å²) in [4.78, 5) is 7.89. The standard InChI is InChI=1S/C13H9BrIN3/c14-7-1-3-10(15)9(5-7)13-17-11-4-2-8(16)6-12(11)18-13/h1-6H,16H2,(H,17,18). The first kappa shape index (κ1) is 12.0. The quantitative estimate of drug-likeness (QED) is 0.464. The zero-order valence-corrected chi connectivity index (χ0v) is 13.0. The molecule has 0 unspecified atom stereocenters. The molecular formula is C13H9BrIN3. The Bertz CT molecular complexity index is 736. The molecule has 2 aromatic carbocycles. The molecule has 0 spiro atoms.